The van der Waals surface area contributed by atoms with Gasteiger partial charge in [0.25, 0.3) is 0 Å². The van der Waals surface area contributed by atoms with Crippen molar-refractivity contribution in [1.29, 1.82) is 0 Å². The summed E-state index contributed by atoms with van der Waals surface area (Å²) in [5.74, 6) is 0.965. The van der Waals surface area contributed by atoms with E-state index in [1.165, 1.54) is 0 Å². The molecule has 1 aromatic heterocycles. The molecule has 21 heavy (non-hydrogen) atoms. The number of hydrogen-bond acceptors (Lipinski definition) is 6. The molecule has 2 rings (SSSR count). The summed E-state index contributed by atoms with van der Waals surface area (Å²) in [5, 5.41) is 13.8. The molecule has 0 aliphatic carbocycles. The fourth-order valence-corrected chi connectivity index (χ4v) is 1.84. The normalized spacial score (nSPS) is 10.5. The minimum absolute atomic E-state index is 0.0764. The van der Waals surface area contributed by atoms with Crippen LogP contribution in [0.4, 0.5) is 11.6 Å². The van der Waals surface area contributed by atoms with E-state index in [9.17, 15) is 10.1 Å². The Morgan fingerprint density at radius 2 is 2.05 bits per heavy atom. The number of hydrogen-bond donors (Lipinski definition) is 1. The van der Waals surface area contributed by atoms with Gasteiger partial charge in [0.1, 0.15) is 11.9 Å². The van der Waals surface area contributed by atoms with E-state index >= 15 is 0 Å². The Morgan fingerprint density at radius 1 is 1.33 bits per heavy atom. The zero-order chi connectivity index (χ0) is 15.4. The summed E-state index contributed by atoms with van der Waals surface area (Å²) in [6, 6.07) is 7.40. The van der Waals surface area contributed by atoms with Gasteiger partial charge in [-0.1, -0.05) is 32.0 Å². The van der Waals surface area contributed by atoms with Gasteiger partial charge < -0.3 is 10.1 Å². The molecule has 1 aromatic carbocycles. The zero-order valence-electron chi connectivity index (χ0n) is 12.0. The lowest BCUT2D eigenvalue weighted by molar-refractivity contribution is -0.386. The number of nitro groups is 1. The molecule has 0 bridgehead atoms. The third-order valence-corrected chi connectivity index (χ3v) is 2.90. The van der Waals surface area contributed by atoms with Crippen molar-refractivity contribution in [1.82, 2.24) is 9.97 Å². The van der Waals surface area contributed by atoms with Crippen molar-refractivity contribution < 1.29 is 9.66 Å². The molecule has 0 radical (unpaired) electrons. The van der Waals surface area contributed by atoms with Gasteiger partial charge in [0.2, 0.25) is 5.95 Å². The van der Waals surface area contributed by atoms with Crippen LogP contribution in [0.3, 0.4) is 0 Å². The summed E-state index contributed by atoms with van der Waals surface area (Å²) >= 11 is 0. The van der Waals surface area contributed by atoms with Gasteiger partial charge in [0.05, 0.1) is 4.92 Å². The largest absolute Gasteiger partial charge is 0.433 e. The Bertz CT molecular complexity index is 658. The molecule has 0 saturated carbocycles. The van der Waals surface area contributed by atoms with Crippen molar-refractivity contribution in [3.63, 3.8) is 0 Å². The van der Waals surface area contributed by atoms with E-state index in [1.54, 1.807) is 13.1 Å². The van der Waals surface area contributed by atoms with Crippen LogP contribution in [-0.4, -0.2) is 21.9 Å². The Labute approximate surface area is 122 Å². The molecule has 7 heteroatoms. The first-order valence-corrected chi connectivity index (χ1v) is 6.49. The van der Waals surface area contributed by atoms with Gasteiger partial charge in [-0.2, -0.15) is 4.98 Å². The standard InChI is InChI=1S/C14H16N4O3/c1-9(2)10-6-4-5-7-12(10)21-13-11(18(19)20)8-16-14(15-3)17-13/h4-9H,1-3H3,(H,15,16,17). The van der Waals surface area contributed by atoms with Crippen molar-refractivity contribution in [3.05, 3.63) is 46.1 Å². The number of rotatable bonds is 5. The highest BCUT2D eigenvalue weighted by atomic mass is 16.6. The number of nitrogens with zero attached hydrogens (tertiary/aromatic N) is 3. The van der Waals surface area contributed by atoms with Crippen LogP contribution in [0.25, 0.3) is 0 Å². The molecule has 1 heterocycles. The van der Waals surface area contributed by atoms with Crippen LogP contribution >= 0.6 is 0 Å². The van der Waals surface area contributed by atoms with Crippen LogP contribution < -0.4 is 10.1 Å². The highest BCUT2D eigenvalue weighted by Gasteiger charge is 2.20. The topological polar surface area (TPSA) is 90.2 Å². The van der Waals surface area contributed by atoms with Gasteiger partial charge in [-0.25, -0.2) is 4.98 Å². The second-order valence-electron chi connectivity index (χ2n) is 4.69. The number of anilines is 1. The molecule has 7 nitrogen and oxygen atoms in total. The van der Waals surface area contributed by atoms with E-state index < -0.39 is 4.92 Å². The highest BCUT2D eigenvalue weighted by Crippen LogP contribution is 2.33. The van der Waals surface area contributed by atoms with Gasteiger partial charge in [-0.15, -0.1) is 0 Å². The molecule has 0 aliphatic heterocycles. The highest BCUT2D eigenvalue weighted by molar-refractivity contribution is 5.47. The third kappa shape index (κ3) is 3.25. The van der Waals surface area contributed by atoms with Crippen LogP contribution in [-0.2, 0) is 0 Å². The number of nitrogens with one attached hydrogen (secondary N) is 1. The minimum atomic E-state index is -0.563. The van der Waals surface area contributed by atoms with Crippen LogP contribution in [0.15, 0.2) is 30.5 Å². The zero-order valence-corrected chi connectivity index (χ0v) is 12.0. The van der Waals surface area contributed by atoms with Crippen LogP contribution in [0.2, 0.25) is 0 Å². The lowest BCUT2D eigenvalue weighted by Crippen LogP contribution is -2.03. The lowest BCUT2D eigenvalue weighted by Gasteiger charge is -2.13. The van der Waals surface area contributed by atoms with Gasteiger partial charge in [0, 0.05) is 7.05 Å². The van der Waals surface area contributed by atoms with E-state index in [1.807, 2.05) is 32.0 Å². The molecule has 0 aliphatic rings. The Balaban J connectivity index is 2.45. The number of para-hydroxylation sites is 1. The summed E-state index contributed by atoms with van der Waals surface area (Å²) < 4.78 is 5.67. The lowest BCUT2D eigenvalue weighted by atomic mass is 10.0. The van der Waals surface area contributed by atoms with E-state index in [0.29, 0.717) is 5.75 Å². The summed E-state index contributed by atoms with van der Waals surface area (Å²) in [7, 11) is 1.63. The molecule has 0 fully saturated rings. The molecule has 0 unspecified atom stereocenters. The molecule has 110 valence electrons. The predicted molar refractivity (Wildman–Crippen MR) is 78.8 cm³/mol. The van der Waals surface area contributed by atoms with Crippen molar-refractivity contribution in [2.24, 2.45) is 0 Å². The van der Waals surface area contributed by atoms with Gasteiger partial charge in [-0.3, -0.25) is 10.1 Å². The smallest absolute Gasteiger partial charge is 0.349 e. The molecule has 1 N–H and O–H groups in total. The Hall–Kier alpha value is -2.70. The molecule has 0 amide bonds. The average molecular weight is 288 g/mol. The third-order valence-electron chi connectivity index (χ3n) is 2.90. The maximum atomic E-state index is 11.1. The number of ether oxygens (including phenoxy) is 1. The van der Waals surface area contributed by atoms with E-state index in [0.717, 1.165) is 11.8 Å². The molecule has 0 saturated heterocycles. The Kier molecular flexibility index (Phi) is 4.32. The summed E-state index contributed by atoms with van der Waals surface area (Å²) in [5.41, 5.74) is 0.684. The quantitative estimate of drug-likeness (QED) is 0.670. The SMILES string of the molecule is CNc1ncc([N+](=O)[O-])c(Oc2ccccc2C(C)C)n1. The first-order valence-electron chi connectivity index (χ1n) is 6.49. The van der Waals surface area contributed by atoms with Crippen LogP contribution in [0.5, 0.6) is 11.6 Å². The van der Waals surface area contributed by atoms with E-state index in [4.69, 9.17) is 4.74 Å². The van der Waals surface area contributed by atoms with Crippen molar-refractivity contribution in [2.75, 3.05) is 12.4 Å². The first kappa shape index (κ1) is 14.7. The molecule has 0 atom stereocenters. The monoisotopic (exact) mass is 288 g/mol. The molecular weight excluding hydrogens is 272 g/mol. The number of benzene rings is 1. The fourth-order valence-electron chi connectivity index (χ4n) is 1.84. The first-order chi connectivity index (χ1) is 10.0. The maximum Gasteiger partial charge on any atom is 0.349 e. The van der Waals surface area contributed by atoms with Crippen molar-refractivity contribution in [3.8, 4) is 11.6 Å². The van der Waals surface area contributed by atoms with E-state index in [2.05, 4.69) is 15.3 Å². The second-order valence-corrected chi connectivity index (χ2v) is 4.69. The fraction of sp³-hybridized carbons (Fsp3) is 0.286. The van der Waals surface area contributed by atoms with Gasteiger partial charge in [0.15, 0.2) is 0 Å². The van der Waals surface area contributed by atoms with Crippen LogP contribution in [0, 0.1) is 10.1 Å². The maximum absolute atomic E-state index is 11.1. The summed E-state index contributed by atoms with van der Waals surface area (Å²) in [4.78, 5) is 18.3. The Morgan fingerprint density at radius 3 is 2.67 bits per heavy atom. The van der Waals surface area contributed by atoms with Crippen LogP contribution in [0.1, 0.15) is 25.3 Å². The summed E-state index contributed by atoms with van der Waals surface area (Å²) in [6.45, 7) is 4.05. The molecular formula is C14H16N4O3. The average Bonchev–Trinajstić information content (AvgIpc) is 2.47. The summed E-state index contributed by atoms with van der Waals surface area (Å²) in [6.07, 6.45) is 1.13. The minimum Gasteiger partial charge on any atom is -0.433 e. The number of aromatic nitrogens is 2. The molecule has 2 aromatic rings. The predicted octanol–water partition coefficient (Wildman–Crippen LogP) is 3.34. The van der Waals surface area contributed by atoms with Gasteiger partial charge in [-0.05, 0) is 17.5 Å². The molecule has 0 spiro atoms. The van der Waals surface area contributed by atoms with E-state index in [-0.39, 0.29) is 23.4 Å². The van der Waals surface area contributed by atoms with Crippen molar-refractivity contribution >= 4 is 11.6 Å². The van der Waals surface area contributed by atoms with Crippen molar-refractivity contribution in [2.45, 2.75) is 19.8 Å². The van der Waals surface area contributed by atoms with Gasteiger partial charge >= 0.3 is 11.6 Å². The second kappa shape index (κ2) is 6.17.